The number of hydrogen-bond acceptors (Lipinski definition) is 4. The number of imidazole rings is 1. The number of aryl methyl sites for hydroxylation is 1. The molecule has 0 aliphatic heterocycles. The molecule has 1 aromatic heterocycles. The number of H-pyrrole nitrogens is 2. The number of aromatic amines is 2. The molecule has 1 heterocycles. The first-order chi connectivity index (χ1) is 14.5. The lowest BCUT2D eigenvalue weighted by Gasteiger charge is -2.15. The maximum atomic E-state index is 11.4. The number of nitrogens with one attached hydrogen (secondary N) is 3. The molecule has 0 aliphatic rings. The van der Waals surface area contributed by atoms with Gasteiger partial charge in [0, 0.05) is 23.3 Å². The molecule has 154 valence electrons. The summed E-state index contributed by atoms with van der Waals surface area (Å²) in [7, 11) is 1.61. The van der Waals surface area contributed by atoms with Gasteiger partial charge in [-0.15, -0.1) is 0 Å². The zero-order valence-corrected chi connectivity index (χ0v) is 17.5. The molecular weight excluding hydrogens is 402 g/mol. The van der Waals surface area contributed by atoms with E-state index in [0.29, 0.717) is 29.7 Å². The number of methoxy groups -OCH3 is 1. The van der Waals surface area contributed by atoms with Gasteiger partial charge in [0.1, 0.15) is 6.61 Å². The first-order valence-electron chi connectivity index (χ1n) is 9.53. The molecule has 30 heavy (non-hydrogen) atoms. The fourth-order valence-electron chi connectivity index (χ4n) is 3.25. The van der Waals surface area contributed by atoms with Crippen LogP contribution in [0.4, 0.5) is 5.69 Å². The zero-order chi connectivity index (χ0) is 21.1. The van der Waals surface area contributed by atoms with Crippen molar-refractivity contribution >= 4 is 28.3 Å². The Bertz CT molecular complexity index is 1250. The van der Waals surface area contributed by atoms with Gasteiger partial charge in [-0.25, -0.2) is 4.79 Å². The molecule has 0 aliphatic carbocycles. The lowest BCUT2D eigenvalue weighted by Crippen LogP contribution is -2.03. The van der Waals surface area contributed by atoms with Crippen molar-refractivity contribution < 1.29 is 9.47 Å². The molecule has 4 aromatic rings. The van der Waals surface area contributed by atoms with Crippen LogP contribution in [0.5, 0.6) is 11.5 Å². The molecule has 4 rings (SSSR count). The summed E-state index contributed by atoms with van der Waals surface area (Å²) in [5.41, 5.74) is 5.31. The minimum atomic E-state index is -0.226. The number of ether oxygens (including phenoxy) is 2. The molecule has 0 amide bonds. The highest BCUT2D eigenvalue weighted by atomic mass is 35.5. The van der Waals surface area contributed by atoms with E-state index in [9.17, 15) is 4.79 Å². The molecule has 3 N–H and O–H groups in total. The minimum absolute atomic E-state index is 0.226. The normalized spacial score (nSPS) is 10.9. The Morgan fingerprint density at radius 1 is 0.967 bits per heavy atom. The summed E-state index contributed by atoms with van der Waals surface area (Å²) in [6.07, 6.45) is 0. The van der Waals surface area contributed by atoms with E-state index >= 15 is 0 Å². The van der Waals surface area contributed by atoms with Crippen molar-refractivity contribution in [2.45, 2.75) is 20.1 Å². The molecule has 0 fully saturated rings. The van der Waals surface area contributed by atoms with E-state index in [1.807, 2.05) is 42.5 Å². The Labute approximate surface area is 178 Å². The van der Waals surface area contributed by atoms with Gasteiger partial charge in [0.2, 0.25) is 0 Å². The fraction of sp³-hybridized carbons (Fsp3) is 0.174. The Hall–Kier alpha value is -3.38. The highest BCUT2D eigenvalue weighted by Crippen LogP contribution is 2.34. The molecule has 3 aromatic carbocycles. The van der Waals surface area contributed by atoms with Crippen molar-refractivity contribution in [3.8, 4) is 11.5 Å². The van der Waals surface area contributed by atoms with Gasteiger partial charge < -0.3 is 24.8 Å². The number of rotatable bonds is 7. The SMILES string of the molecule is COc1cc(CNc2ccc3[nH]c(=O)[nH]c3c2)c(Cl)cc1OCc1ccccc1C. The maximum Gasteiger partial charge on any atom is 0.323 e. The Balaban J connectivity index is 1.49. The monoisotopic (exact) mass is 423 g/mol. The summed E-state index contributed by atoms with van der Waals surface area (Å²) in [5.74, 6) is 1.22. The van der Waals surface area contributed by atoms with Crippen molar-refractivity contribution in [3.05, 3.63) is 86.8 Å². The maximum absolute atomic E-state index is 11.4. The van der Waals surface area contributed by atoms with Crippen LogP contribution in [-0.4, -0.2) is 17.1 Å². The Kier molecular flexibility index (Phi) is 5.68. The number of aromatic nitrogens is 2. The van der Waals surface area contributed by atoms with Crippen molar-refractivity contribution in [1.29, 1.82) is 0 Å². The van der Waals surface area contributed by atoms with Crippen LogP contribution in [0.1, 0.15) is 16.7 Å². The third-order valence-electron chi connectivity index (χ3n) is 4.98. The Morgan fingerprint density at radius 2 is 1.77 bits per heavy atom. The van der Waals surface area contributed by atoms with E-state index in [4.69, 9.17) is 21.1 Å². The topological polar surface area (TPSA) is 79.1 Å². The van der Waals surface area contributed by atoms with Gasteiger partial charge in [-0.3, -0.25) is 0 Å². The highest BCUT2D eigenvalue weighted by molar-refractivity contribution is 6.31. The fourth-order valence-corrected chi connectivity index (χ4v) is 3.47. The number of anilines is 1. The lowest BCUT2D eigenvalue weighted by molar-refractivity contribution is 0.284. The third-order valence-corrected chi connectivity index (χ3v) is 5.33. The molecule has 0 radical (unpaired) electrons. The van der Waals surface area contributed by atoms with Crippen LogP contribution in [0.3, 0.4) is 0 Å². The van der Waals surface area contributed by atoms with Crippen LogP contribution < -0.4 is 20.5 Å². The molecule has 7 heteroatoms. The molecule has 0 saturated heterocycles. The Morgan fingerprint density at radius 3 is 2.57 bits per heavy atom. The molecular formula is C23H22ClN3O3. The third kappa shape index (κ3) is 4.28. The standard InChI is InChI=1S/C23H22ClN3O3/c1-14-5-3-4-6-15(14)13-30-22-11-18(24)16(9-21(22)29-2)12-25-17-7-8-19-20(10-17)27-23(28)26-19/h3-11,25H,12-13H2,1-2H3,(H2,26,27,28). The zero-order valence-electron chi connectivity index (χ0n) is 16.7. The van der Waals surface area contributed by atoms with Crippen LogP contribution in [0, 0.1) is 6.92 Å². The van der Waals surface area contributed by atoms with Crippen LogP contribution in [0.25, 0.3) is 11.0 Å². The first-order valence-corrected chi connectivity index (χ1v) is 9.91. The average molecular weight is 424 g/mol. The molecule has 0 bridgehead atoms. The summed E-state index contributed by atoms with van der Waals surface area (Å²) < 4.78 is 11.5. The van der Waals surface area contributed by atoms with Crippen LogP contribution in [-0.2, 0) is 13.2 Å². The van der Waals surface area contributed by atoms with Crippen molar-refractivity contribution in [2.24, 2.45) is 0 Å². The summed E-state index contributed by atoms with van der Waals surface area (Å²) >= 11 is 6.51. The summed E-state index contributed by atoms with van der Waals surface area (Å²) in [5, 5.41) is 3.91. The quantitative estimate of drug-likeness (QED) is 0.390. The average Bonchev–Trinajstić information content (AvgIpc) is 3.11. The van der Waals surface area contributed by atoms with Crippen molar-refractivity contribution in [2.75, 3.05) is 12.4 Å². The predicted molar refractivity (Wildman–Crippen MR) is 120 cm³/mol. The van der Waals surface area contributed by atoms with Crippen molar-refractivity contribution in [3.63, 3.8) is 0 Å². The second-order valence-corrected chi connectivity index (χ2v) is 7.41. The van der Waals surface area contributed by atoms with Crippen LogP contribution in [0.2, 0.25) is 5.02 Å². The van der Waals surface area contributed by atoms with Crippen molar-refractivity contribution in [1.82, 2.24) is 9.97 Å². The van der Waals surface area contributed by atoms with Crippen LogP contribution >= 0.6 is 11.6 Å². The number of halogens is 1. The minimum Gasteiger partial charge on any atom is -0.493 e. The van der Waals surface area contributed by atoms with Gasteiger partial charge in [0.25, 0.3) is 0 Å². The number of hydrogen-bond donors (Lipinski definition) is 3. The predicted octanol–water partition coefficient (Wildman–Crippen LogP) is 5.02. The first kappa shape index (κ1) is 19.9. The van der Waals surface area contributed by atoms with Crippen LogP contribution in [0.15, 0.2) is 59.4 Å². The number of fused-ring (bicyclic) bond motifs is 1. The van der Waals surface area contributed by atoms with Gasteiger partial charge in [0.05, 0.1) is 18.1 Å². The molecule has 0 saturated carbocycles. The van der Waals surface area contributed by atoms with Gasteiger partial charge in [-0.2, -0.15) is 0 Å². The van der Waals surface area contributed by atoms with Gasteiger partial charge >= 0.3 is 5.69 Å². The summed E-state index contributed by atoms with van der Waals surface area (Å²) in [6, 6.07) is 17.4. The smallest absolute Gasteiger partial charge is 0.323 e. The largest absolute Gasteiger partial charge is 0.493 e. The van der Waals surface area contributed by atoms with Gasteiger partial charge in [-0.05, 0) is 47.9 Å². The van der Waals surface area contributed by atoms with Gasteiger partial charge in [0.15, 0.2) is 11.5 Å². The van der Waals surface area contributed by atoms with Gasteiger partial charge in [-0.1, -0.05) is 35.9 Å². The summed E-state index contributed by atoms with van der Waals surface area (Å²) in [4.78, 5) is 16.9. The number of benzene rings is 3. The second kappa shape index (κ2) is 8.55. The van der Waals surface area contributed by atoms with E-state index in [1.165, 1.54) is 5.56 Å². The summed E-state index contributed by atoms with van der Waals surface area (Å²) in [6.45, 7) is 2.98. The van der Waals surface area contributed by atoms with E-state index in [-0.39, 0.29) is 5.69 Å². The lowest BCUT2D eigenvalue weighted by atomic mass is 10.1. The van der Waals surface area contributed by atoms with E-state index < -0.39 is 0 Å². The van der Waals surface area contributed by atoms with E-state index in [1.54, 1.807) is 13.2 Å². The highest BCUT2D eigenvalue weighted by Gasteiger charge is 2.12. The molecule has 6 nitrogen and oxygen atoms in total. The molecule has 0 spiro atoms. The second-order valence-electron chi connectivity index (χ2n) is 7.00. The molecule has 0 atom stereocenters. The van der Waals surface area contributed by atoms with E-state index in [2.05, 4.69) is 28.3 Å². The van der Waals surface area contributed by atoms with E-state index in [0.717, 1.165) is 27.8 Å². The molecule has 0 unspecified atom stereocenters.